The number of ether oxygens (including phenoxy) is 2. The minimum atomic E-state index is -0.213. The van der Waals surface area contributed by atoms with Crippen molar-refractivity contribution in [2.24, 2.45) is 0 Å². The Balaban J connectivity index is 0.000000261. The van der Waals surface area contributed by atoms with Gasteiger partial charge < -0.3 is 14.8 Å². The summed E-state index contributed by atoms with van der Waals surface area (Å²) in [7, 11) is 6.98. The molecule has 6 heteroatoms. The molecule has 22 heavy (non-hydrogen) atoms. The molecule has 0 aromatic heterocycles. The summed E-state index contributed by atoms with van der Waals surface area (Å²) in [6.07, 6.45) is 0.379. The van der Waals surface area contributed by atoms with E-state index in [4.69, 9.17) is 9.47 Å². The maximum atomic E-state index is 11.6. The number of aryl methyl sites for hydroxylation is 1. The summed E-state index contributed by atoms with van der Waals surface area (Å²) in [5.41, 5.74) is 2.32. The van der Waals surface area contributed by atoms with Crippen molar-refractivity contribution in [3.63, 3.8) is 0 Å². The number of fused-ring (bicyclic) bond motifs is 1. The minimum Gasteiger partial charge on any atom is -0.343 e. The third-order valence-corrected chi connectivity index (χ3v) is 3.15. The number of methoxy groups -OCH3 is 2. The number of rotatable bonds is 3. The van der Waals surface area contributed by atoms with Gasteiger partial charge in [-0.2, -0.15) is 0 Å². The molecule has 122 valence electrons. The van der Waals surface area contributed by atoms with Crippen molar-refractivity contribution in [2.45, 2.75) is 26.2 Å². The quantitative estimate of drug-likeness (QED) is 0.865. The molecule has 0 unspecified atom stereocenters. The molecule has 1 aromatic rings. The third kappa shape index (κ3) is 5.22. The van der Waals surface area contributed by atoms with Crippen LogP contribution in [0.1, 0.15) is 28.8 Å². The Bertz CT molecular complexity index is 525. The Labute approximate surface area is 131 Å². The number of hydrogen-bond acceptors (Lipinski definition) is 5. The van der Waals surface area contributed by atoms with Crippen LogP contribution in [0, 0.1) is 6.92 Å². The van der Waals surface area contributed by atoms with Crippen molar-refractivity contribution in [1.29, 1.82) is 0 Å². The van der Waals surface area contributed by atoms with Crippen LogP contribution in [0.15, 0.2) is 18.2 Å². The molecule has 1 heterocycles. The number of hydrogen-bond donors (Lipinski definition) is 1. The van der Waals surface area contributed by atoms with Gasteiger partial charge in [0.15, 0.2) is 5.78 Å². The zero-order valence-corrected chi connectivity index (χ0v) is 13.8. The van der Waals surface area contributed by atoms with E-state index in [1.807, 2.05) is 38.1 Å². The number of Topliss-reactive ketones (excluding diaryl/α,β-unsaturated/α-hetero) is 1. The Hall–Kier alpha value is -1.76. The van der Waals surface area contributed by atoms with E-state index in [-0.39, 0.29) is 24.5 Å². The molecule has 1 N–H and O–H groups in total. The van der Waals surface area contributed by atoms with Crippen molar-refractivity contribution in [2.75, 3.05) is 33.6 Å². The summed E-state index contributed by atoms with van der Waals surface area (Å²) in [4.78, 5) is 24.6. The van der Waals surface area contributed by atoms with E-state index < -0.39 is 0 Å². The Kier molecular flexibility index (Phi) is 7.17. The van der Waals surface area contributed by atoms with Crippen molar-refractivity contribution >= 4 is 17.4 Å². The Morgan fingerprint density at radius 2 is 1.77 bits per heavy atom. The van der Waals surface area contributed by atoms with E-state index in [1.54, 1.807) is 20.3 Å². The van der Waals surface area contributed by atoms with Crippen LogP contribution in [0.25, 0.3) is 0 Å². The van der Waals surface area contributed by atoms with Gasteiger partial charge in [0.05, 0.1) is 5.69 Å². The second kappa shape index (κ2) is 8.63. The van der Waals surface area contributed by atoms with Gasteiger partial charge in [0.25, 0.3) is 0 Å². The van der Waals surface area contributed by atoms with Gasteiger partial charge in [0, 0.05) is 32.6 Å². The van der Waals surface area contributed by atoms with E-state index in [1.165, 1.54) is 0 Å². The fourth-order valence-electron chi connectivity index (χ4n) is 2.10. The molecule has 0 atom stereocenters. The molecule has 1 aliphatic heterocycles. The first-order chi connectivity index (χ1) is 10.4. The van der Waals surface area contributed by atoms with E-state index >= 15 is 0 Å². The lowest BCUT2D eigenvalue weighted by Crippen LogP contribution is -2.30. The molecule has 0 saturated heterocycles. The Morgan fingerprint density at radius 1 is 1.14 bits per heavy atom. The highest BCUT2D eigenvalue weighted by atomic mass is 16.7. The van der Waals surface area contributed by atoms with Gasteiger partial charge in [0.2, 0.25) is 12.3 Å². The standard InChI is InChI=1S/C11H11NO2.C5H13NO2/c1-7-2-3-8-9(6-7)12-11(14)5-4-10(8)13;1-6(2)5(7-3)8-4/h2-3,6H,4-5H2,1H3,(H,12,14);5H,1-4H3. The van der Waals surface area contributed by atoms with Gasteiger partial charge in [-0.05, 0) is 38.7 Å². The number of nitrogens with zero attached hydrogens (tertiary/aromatic N) is 1. The fourth-order valence-corrected chi connectivity index (χ4v) is 2.10. The lowest BCUT2D eigenvalue weighted by molar-refractivity contribution is -0.179. The zero-order valence-electron chi connectivity index (χ0n) is 13.8. The molecule has 0 bridgehead atoms. The molecule has 0 aliphatic carbocycles. The third-order valence-electron chi connectivity index (χ3n) is 3.15. The molecule has 1 amide bonds. The molecule has 1 aliphatic rings. The van der Waals surface area contributed by atoms with Gasteiger partial charge in [-0.25, -0.2) is 0 Å². The predicted molar refractivity (Wildman–Crippen MR) is 84.9 cm³/mol. The highest BCUT2D eigenvalue weighted by molar-refractivity contribution is 6.09. The molecule has 0 radical (unpaired) electrons. The van der Waals surface area contributed by atoms with Gasteiger partial charge >= 0.3 is 0 Å². The van der Waals surface area contributed by atoms with Gasteiger partial charge in [0.1, 0.15) is 0 Å². The van der Waals surface area contributed by atoms with Crippen LogP contribution >= 0.6 is 0 Å². The number of carbonyl (C=O) groups is 2. The highest BCUT2D eigenvalue weighted by Crippen LogP contribution is 2.22. The number of nitrogens with one attached hydrogen (secondary N) is 1. The number of benzene rings is 1. The van der Waals surface area contributed by atoms with Gasteiger partial charge in [-0.3, -0.25) is 14.5 Å². The van der Waals surface area contributed by atoms with E-state index in [0.29, 0.717) is 17.7 Å². The molecule has 0 fully saturated rings. The SMILES string of the molecule is COC(OC)N(C)C.Cc1ccc2c(c1)NC(=O)CCC2=O. The van der Waals surface area contributed by atoms with Crippen LogP contribution in [-0.4, -0.2) is 51.3 Å². The molecular formula is C16H24N2O4. The van der Waals surface area contributed by atoms with Crippen LogP contribution in [0.2, 0.25) is 0 Å². The van der Waals surface area contributed by atoms with Gasteiger partial charge in [-0.15, -0.1) is 0 Å². The first kappa shape index (κ1) is 18.3. The smallest absolute Gasteiger partial charge is 0.224 e. The zero-order chi connectivity index (χ0) is 16.7. The normalized spacial score (nSPS) is 14.1. The van der Waals surface area contributed by atoms with Crippen LogP contribution < -0.4 is 5.32 Å². The predicted octanol–water partition coefficient (Wildman–Crippen LogP) is 2.03. The molecule has 1 aromatic carbocycles. The molecule has 6 nitrogen and oxygen atoms in total. The Morgan fingerprint density at radius 3 is 2.27 bits per heavy atom. The van der Waals surface area contributed by atoms with Gasteiger partial charge in [-0.1, -0.05) is 6.07 Å². The number of ketones is 1. The maximum absolute atomic E-state index is 11.6. The largest absolute Gasteiger partial charge is 0.343 e. The summed E-state index contributed by atoms with van der Waals surface area (Å²) >= 11 is 0. The number of anilines is 1. The van der Waals surface area contributed by atoms with Crippen molar-refractivity contribution in [3.8, 4) is 0 Å². The van der Waals surface area contributed by atoms with Crippen molar-refractivity contribution < 1.29 is 19.1 Å². The number of amides is 1. The first-order valence-electron chi connectivity index (χ1n) is 7.04. The average molecular weight is 308 g/mol. The second-order valence-electron chi connectivity index (χ2n) is 5.26. The average Bonchev–Trinajstić information content (AvgIpc) is 2.59. The van der Waals surface area contributed by atoms with Crippen LogP contribution in [0.5, 0.6) is 0 Å². The molecule has 0 spiro atoms. The topological polar surface area (TPSA) is 67.9 Å². The lowest BCUT2D eigenvalue weighted by atomic mass is 10.0. The summed E-state index contributed by atoms with van der Waals surface area (Å²) in [5.74, 6) is -0.0407. The van der Waals surface area contributed by atoms with Crippen molar-refractivity contribution in [1.82, 2.24) is 4.90 Å². The molecular weight excluding hydrogens is 284 g/mol. The van der Waals surface area contributed by atoms with Crippen LogP contribution in [0.3, 0.4) is 0 Å². The summed E-state index contributed by atoms with van der Waals surface area (Å²) in [6, 6.07) is 5.49. The monoisotopic (exact) mass is 308 g/mol. The maximum Gasteiger partial charge on any atom is 0.224 e. The summed E-state index contributed by atoms with van der Waals surface area (Å²) in [6.45, 7) is 1.93. The van der Waals surface area contributed by atoms with E-state index in [2.05, 4.69) is 5.32 Å². The van der Waals surface area contributed by atoms with Crippen LogP contribution in [-0.2, 0) is 14.3 Å². The molecule has 2 rings (SSSR count). The highest BCUT2D eigenvalue weighted by Gasteiger charge is 2.18. The number of carbonyl (C=O) groups excluding carboxylic acids is 2. The van der Waals surface area contributed by atoms with Crippen LogP contribution in [0.4, 0.5) is 5.69 Å². The van der Waals surface area contributed by atoms with Crippen molar-refractivity contribution in [3.05, 3.63) is 29.3 Å². The minimum absolute atomic E-state index is 0.0401. The lowest BCUT2D eigenvalue weighted by Gasteiger charge is -2.19. The fraction of sp³-hybridized carbons (Fsp3) is 0.500. The van der Waals surface area contributed by atoms with E-state index in [0.717, 1.165) is 5.56 Å². The second-order valence-corrected chi connectivity index (χ2v) is 5.26. The van der Waals surface area contributed by atoms with E-state index in [9.17, 15) is 9.59 Å². The molecule has 0 saturated carbocycles. The first-order valence-corrected chi connectivity index (χ1v) is 7.04. The summed E-state index contributed by atoms with van der Waals surface area (Å²) in [5, 5.41) is 2.73. The summed E-state index contributed by atoms with van der Waals surface area (Å²) < 4.78 is 9.73.